The molecule has 1 aliphatic rings. The Morgan fingerprint density at radius 3 is 2.33 bits per heavy atom. The number of carbonyl (C=O) groups excluding carboxylic acids is 1. The number of primary amides is 1. The largest absolute Gasteiger partial charge is 0.495 e. The molecule has 0 spiro atoms. The number of benzene rings is 1. The van der Waals surface area contributed by atoms with Crippen molar-refractivity contribution in [2.75, 3.05) is 0 Å². The molecule has 1 aromatic carbocycles. The molecule has 132 valence electrons. The summed E-state index contributed by atoms with van der Waals surface area (Å²) in [5.74, 6) is -0.827. The maximum Gasteiger partial charge on any atom is 0.495 e. The topological polar surface area (TPSA) is 70.8 Å². The molecule has 0 bridgehead atoms. The van der Waals surface area contributed by atoms with Crippen molar-refractivity contribution < 1.29 is 23.2 Å². The van der Waals surface area contributed by atoms with E-state index in [0.717, 1.165) is 6.42 Å². The van der Waals surface area contributed by atoms with E-state index in [2.05, 4.69) is 0 Å². The monoisotopic (exact) mass is 337 g/mol. The predicted molar refractivity (Wildman–Crippen MR) is 90.6 cm³/mol. The lowest BCUT2D eigenvalue weighted by Gasteiger charge is -2.32. The molecule has 0 aromatic heterocycles. The molecule has 1 unspecified atom stereocenters. The summed E-state index contributed by atoms with van der Waals surface area (Å²) in [6, 6.07) is 4.19. The average molecular weight is 337 g/mol. The Bertz CT molecular complexity index is 605. The van der Waals surface area contributed by atoms with Gasteiger partial charge in [0.15, 0.2) is 6.10 Å². The maximum absolute atomic E-state index is 14.0. The van der Waals surface area contributed by atoms with E-state index >= 15 is 0 Å². The molecule has 1 aromatic rings. The highest BCUT2D eigenvalue weighted by Gasteiger charge is 2.51. The van der Waals surface area contributed by atoms with E-state index in [9.17, 15) is 9.18 Å². The van der Waals surface area contributed by atoms with Gasteiger partial charge >= 0.3 is 7.12 Å². The van der Waals surface area contributed by atoms with E-state index < -0.39 is 36.1 Å². The van der Waals surface area contributed by atoms with Crippen molar-refractivity contribution in [3.05, 3.63) is 24.0 Å². The van der Waals surface area contributed by atoms with Crippen LogP contribution in [-0.2, 0) is 14.1 Å². The van der Waals surface area contributed by atoms with Crippen LogP contribution in [0.25, 0.3) is 0 Å². The first-order chi connectivity index (χ1) is 11.1. The van der Waals surface area contributed by atoms with E-state index in [0.29, 0.717) is 11.9 Å². The van der Waals surface area contributed by atoms with Gasteiger partial charge in [0.2, 0.25) is 0 Å². The minimum absolute atomic E-state index is 0.233. The molecule has 24 heavy (non-hydrogen) atoms. The number of carbonyl (C=O) groups is 1. The van der Waals surface area contributed by atoms with E-state index in [4.69, 9.17) is 19.8 Å². The Morgan fingerprint density at radius 2 is 1.83 bits per heavy atom. The molecule has 1 heterocycles. The summed E-state index contributed by atoms with van der Waals surface area (Å²) in [6.45, 7) is 9.62. The molecule has 1 fully saturated rings. The van der Waals surface area contributed by atoms with E-state index in [1.807, 2.05) is 34.6 Å². The van der Waals surface area contributed by atoms with E-state index in [-0.39, 0.29) is 5.75 Å². The molecule has 1 aliphatic heterocycles. The Kier molecular flexibility index (Phi) is 5.25. The minimum Gasteiger partial charge on any atom is -0.481 e. The molecular formula is C17H25BFNO4. The Hall–Kier alpha value is -1.60. The highest BCUT2D eigenvalue weighted by molar-refractivity contribution is 6.62. The fourth-order valence-electron chi connectivity index (χ4n) is 2.45. The Labute approximate surface area is 142 Å². The second kappa shape index (κ2) is 6.72. The summed E-state index contributed by atoms with van der Waals surface area (Å²) in [6.07, 6.45) is 0.410. The average Bonchev–Trinajstić information content (AvgIpc) is 2.66. The lowest BCUT2D eigenvalue weighted by Crippen LogP contribution is -2.41. The van der Waals surface area contributed by atoms with Gasteiger partial charge in [-0.2, -0.15) is 0 Å². The smallest absolute Gasteiger partial charge is 0.481 e. The molecule has 2 N–H and O–H groups in total. The Balaban J connectivity index is 2.25. The van der Waals surface area contributed by atoms with Crippen LogP contribution < -0.4 is 15.9 Å². The lowest BCUT2D eigenvalue weighted by molar-refractivity contribution is -0.125. The van der Waals surface area contributed by atoms with Gasteiger partial charge < -0.3 is 19.8 Å². The summed E-state index contributed by atoms with van der Waals surface area (Å²) in [4.78, 5) is 11.4. The van der Waals surface area contributed by atoms with Gasteiger partial charge in [-0.05, 0) is 51.7 Å². The zero-order valence-corrected chi connectivity index (χ0v) is 14.9. The predicted octanol–water partition coefficient (Wildman–Crippen LogP) is 2.16. The molecule has 2 rings (SSSR count). The number of halogens is 1. The first-order valence-corrected chi connectivity index (χ1v) is 8.18. The molecule has 7 heteroatoms. The first-order valence-electron chi connectivity index (χ1n) is 8.18. The molecule has 0 radical (unpaired) electrons. The first kappa shape index (κ1) is 18.7. The number of hydrogen-bond donors (Lipinski definition) is 1. The molecule has 0 saturated carbocycles. The summed E-state index contributed by atoms with van der Waals surface area (Å²) in [5.41, 5.74) is 4.79. The number of amides is 1. The van der Waals surface area contributed by atoms with E-state index in [1.54, 1.807) is 6.07 Å². The molecule has 0 aliphatic carbocycles. The summed E-state index contributed by atoms with van der Waals surface area (Å²) in [7, 11) is -0.703. The number of hydrogen-bond acceptors (Lipinski definition) is 4. The molecular weight excluding hydrogens is 312 g/mol. The normalized spacial score (nSPS) is 20.0. The third-order valence-electron chi connectivity index (χ3n) is 4.57. The van der Waals surface area contributed by atoms with Crippen LogP contribution in [0, 0.1) is 5.82 Å². The van der Waals surface area contributed by atoms with Gasteiger partial charge in [-0.15, -0.1) is 0 Å². The van der Waals surface area contributed by atoms with Crippen molar-refractivity contribution in [1.29, 1.82) is 0 Å². The second-order valence-electron chi connectivity index (χ2n) is 7.11. The van der Waals surface area contributed by atoms with Gasteiger partial charge in [0.25, 0.3) is 5.91 Å². The van der Waals surface area contributed by atoms with Crippen LogP contribution in [0.5, 0.6) is 5.75 Å². The van der Waals surface area contributed by atoms with Crippen molar-refractivity contribution in [3.8, 4) is 5.75 Å². The van der Waals surface area contributed by atoms with Crippen LogP contribution in [-0.4, -0.2) is 30.3 Å². The third-order valence-corrected chi connectivity index (χ3v) is 4.57. The van der Waals surface area contributed by atoms with Crippen molar-refractivity contribution in [2.24, 2.45) is 5.73 Å². The molecule has 1 atom stereocenters. The van der Waals surface area contributed by atoms with Crippen LogP contribution in [0.1, 0.15) is 47.5 Å². The highest BCUT2D eigenvalue weighted by atomic mass is 19.1. The van der Waals surface area contributed by atoms with E-state index in [1.165, 1.54) is 12.1 Å². The van der Waals surface area contributed by atoms with Crippen LogP contribution in [0.15, 0.2) is 18.2 Å². The molecule has 1 saturated heterocycles. The zero-order valence-electron chi connectivity index (χ0n) is 14.9. The van der Waals surface area contributed by atoms with Crippen LogP contribution in [0.3, 0.4) is 0 Å². The van der Waals surface area contributed by atoms with Crippen molar-refractivity contribution >= 4 is 18.5 Å². The zero-order chi connectivity index (χ0) is 18.1. The minimum atomic E-state index is -0.789. The SMILES string of the molecule is CCCC(Oc1cc(F)cc(B2OC(C)(C)C(C)(C)O2)c1)C(N)=O. The lowest BCUT2D eigenvalue weighted by atomic mass is 9.79. The van der Waals surface area contributed by atoms with Gasteiger partial charge in [-0.3, -0.25) is 4.79 Å². The standard InChI is InChI=1S/C17H25BFNO4/c1-6-7-14(15(20)21)22-13-9-11(8-12(19)10-13)18-23-16(2,3)17(4,5)24-18/h8-10,14H,6-7H2,1-5H3,(H2,20,21). The fourth-order valence-corrected chi connectivity index (χ4v) is 2.45. The summed E-state index contributed by atoms with van der Waals surface area (Å²) >= 11 is 0. The van der Waals surface area contributed by atoms with Gasteiger partial charge in [-0.25, -0.2) is 4.39 Å². The summed E-state index contributed by atoms with van der Waals surface area (Å²) in [5, 5.41) is 0. The van der Waals surface area contributed by atoms with Gasteiger partial charge in [-0.1, -0.05) is 13.3 Å². The second-order valence-corrected chi connectivity index (χ2v) is 7.11. The van der Waals surface area contributed by atoms with Crippen molar-refractivity contribution in [3.63, 3.8) is 0 Å². The highest BCUT2D eigenvalue weighted by Crippen LogP contribution is 2.36. The Morgan fingerprint density at radius 1 is 1.25 bits per heavy atom. The van der Waals surface area contributed by atoms with Crippen molar-refractivity contribution in [2.45, 2.75) is 64.8 Å². The molecule has 5 nitrogen and oxygen atoms in total. The van der Waals surface area contributed by atoms with Crippen LogP contribution >= 0.6 is 0 Å². The van der Waals surface area contributed by atoms with Crippen LogP contribution in [0.4, 0.5) is 4.39 Å². The van der Waals surface area contributed by atoms with Crippen LogP contribution in [0.2, 0.25) is 0 Å². The fraction of sp³-hybridized carbons (Fsp3) is 0.588. The van der Waals surface area contributed by atoms with Gasteiger partial charge in [0.05, 0.1) is 11.2 Å². The van der Waals surface area contributed by atoms with Crippen molar-refractivity contribution in [1.82, 2.24) is 0 Å². The quantitative estimate of drug-likeness (QED) is 0.808. The number of rotatable bonds is 6. The number of ether oxygens (including phenoxy) is 1. The maximum atomic E-state index is 14.0. The molecule has 1 amide bonds. The summed E-state index contributed by atoms with van der Waals surface area (Å²) < 4.78 is 31.4. The van der Waals surface area contributed by atoms with Gasteiger partial charge in [0.1, 0.15) is 11.6 Å². The third kappa shape index (κ3) is 3.90. The number of nitrogens with two attached hydrogens (primary N) is 1. The van der Waals surface area contributed by atoms with Gasteiger partial charge in [0, 0.05) is 6.07 Å².